The van der Waals surface area contributed by atoms with Gasteiger partial charge >= 0.3 is 0 Å². The summed E-state index contributed by atoms with van der Waals surface area (Å²) in [5.74, 6) is 1.92. The molecule has 0 aliphatic heterocycles. The molecule has 0 saturated heterocycles. The number of aromatic nitrogens is 4. The quantitative estimate of drug-likeness (QED) is 0.166. The van der Waals surface area contributed by atoms with E-state index in [9.17, 15) is 0 Å². The molecule has 0 bridgehead atoms. The highest BCUT2D eigenvalue weighted by Crippen LogP contribution is 2.41. The molecule has 0 spiro atoms. The summed E-state index contributed by atoms with van der Waals surface area (Å²) in [5.41, 5.74) is 13.2. The van der Waals surface area contributed by atoms with Crippen LogP contribution >= 0.6 is 0 Å². The highest BCUT2D eigenvalue weighted by atomic mass is 15.0. The summed E-state index contributed by atoms with van der Waals surface area (Å²) in [6, 6.07) is 72.4. The summed E-state index contributed by atoms with van der Waals surface area (Å²) in [6.07, 6.45) is 0. The average molecular weight is 703 g/mol. The van der Waals surface area contributed by atoms with Crippen molar-refractivity contribution in [3.8, 4) is 73.2 Å². The van der Waals surface area contributed by atoms with Crippen LogP contribution in [0.3, 0.4) is 0 Å². The molecule has 0 aliphatic rings. The van der Waals surface area contributed by atoms with Crippen LogP contribution in [0.15, 0.2) is 206 Å². The van der Waals surface area contributed by atoms with Crippen LogP contribution in [0.1, 0.15) is 0 Å². The van der Waals surface area contributed by atoms with Crippen molar-refractivity contribution in [3.05, 3.63) is 206 Å². The van der Waals surface area contributed by atoms with Crippen LogP contribution in [0, 0.1) is 0 Å². The maximum Gasteiger partial charge on any atom is 0.164 e. The number of hydrogen-bond acceptors (Lipinski definition) is 3. The molecular weight excluding hydrogens is 669 g/mol. The van der Waals surface area contributed by atoms with Gasteiger partial charge in [0.05, 0.1) is 11.0 Å². The molecule has 0 radical (unpaired) electrons. The summed E-state index contributed by atoms with van der Waals surface area (Å²) in [6.45, 7) is 0. The van der Waals surface area contributed by atoms with Crippen molar-refractivity contribution in [2.75, 3.05) is 0 Å². The second-order valence-corrected chi connectivity index (χ2v) is 13.7. The summed E-state index contributed by atoms with van der Waals surface area (Å²) in [7, 11) is 0. The Kier molecular flexibility index (Phi) is 8.12. The van der Waals surface area contributed by atoms with Crippen molar-refractivity contribution in [2.45, 2.75) is 0 Å². The zero-order valence-corrected chi connectivity index (χ0v) is 29.9. The van der Waals surface area contributed by atoms with E-state index < -0.39 is 0 Å². The second-order valence-electron chi connectivity index (χ2n) is 13.7. The lowest BCUT2D eigenvalue weighted by atomic mass is 9.96. The zero-order chi connectivity index (χ0) is 36.6. The molecule has 0 fully saturated rings. The van der Waals surface area contributed by atoms with Crippen molar-refractivity contribution in [1.29, 1.82) is 0 Å². The van der Waals surface area contributed by atoms with E-state index in [4.69, 9.17) is 15.0 Å². The Morgan fingerprint density at radius 3 is 1.38 bits per heavy atom. The normalized spacial score (nSPS) is 11.3. The van der Waals surface area contributed by atoms with E-state index in [2.05, 4.69) is 150 Å². The van der Waals surface area contributed by atoms with Crippen LogP contribution < -0.4 is 0 Å². The molecule has 0 N–H and O–H groups in total. The van der Waals surface area contributed by atoms with Crippen molar-refractivity contribution < 1.29 is 0 Å². The number of nitrogens with zero attached hydrogens (tertiary/aromatic N) is 4. The second kappa shape index (κ2) is 13.8. The van der Waals surface area contributed by atoms with Crippen molar-refractivity contribution in [3.63, 3.8) is 0 Å². The van der Waals surface area contributed by atoms with Gasteiger partial charge in [-0.25, -0.2) is 15.0 Å². The molecule has 2 aromatic heterocycles. The van der Waals surface area contributed by atoms with Gasteiger partial charge in [-0.15, -0.1) is 0 Å². The molecule has 0 saturated carbocycles. The molecule has 55 heavy (non-hydrogen) atoms. The average Bonchev–Trinajstić information content (AvgIpc) is 3.61. The Hall–Kier alpha value is -7.43. The summed E-state index contributed by atoms with van der Waals surface area (Å²) < 4.78 is 2.41. The number of rotatable bonds is 7. The van der Waals surface area contributed by atoms with Gasteiger partial charge in [-0.05, 0) is 69.8 Å². The minimum absolute atomic E-state index is 0.633. The van der Waals surface area contributed by atoms with Crippen LogP contribution in [-0.4, -0.2) is 19.5 Å². The molecule has 10 aromatic rings. The van der Waals surface area contributed by atoms with Gasteiger partial charge < -0.3 is 4.57 Å². The molecule has 258 valence electrons. The van der Waals surface area contributed by atoms with Crippen LogP contribution in [-0.2, 0) is 0 Å². The summed E-state index contributed by atoms with van der Waals surface area (Å²) >= 11 is 0. The third-order valence-electron chi connectivity index (χ3n) is 10.2. The monoisotopic (exact) mass is 702 g/mol. The minimum Gasteiger partial charge on any atom is -0.309 e. The number of hydrogen-bond donors (Lipinski definition) is 0. The molecule has 8 aromatic carbocycles. The fourth-order valence-electron chi connectivity index (χ4n) is 7.62. The number of benzene rings is 8. The molecule has 0 atom stereocenters. The zero-order valence-electron chi connectivity index (χ0n) is 29.9. The van der Waals surface area contributed by atoms with E-state index in [0.29, 0.717) is 17.5 Å². The molecule has 0 aliphatic carbocycles. The number of fused-ring (bicyclic) bond motifs is 3. The Labute approximate surface area is 319 Å². The standard InChI is InChI=1S/C51H34N4/c1-5-16-35(17-6-1)39-24-14-27-43(33-39)55-46-31-30-40(36-18-7-2-8-19-36)34-45(46)48-44(28-15-29-47(48)55)41-25-13-26-42(32-41)51-53-49(37-20-9-3-10-21-37)52-50(54-51)38-22-11-4-12-23-38/h1-34H. The van der Waals surface area contributed by atoms with Crippen LogP contribution in [0.2, 0.25) is 0 Å². The van der Waals surface area contributed by atoms with Gasteiger partial charge in [0.25, 0.3) is 0 Å². The van der Waals surface area contributed by atoms with Crippen LogP contribution in [0.5, 0.6) is 0 Å². The van der Waals surface area contributed by atoms with Crippen LogP contribution in [0.4, 0.5) is 0 Å². The Morgan fingerprint density at radius 1 is 0.291 bits per heavy atom. The van der Waals surface area contributed by atoms with E-state index in [1.165, 1.54) is 33.0 Å². The van der Waals surface area contributed by atoms with Crippen molar-refractivity contribution in [2.24, 2.45) is 0 Å². The summed E-state index contributed by atoms with van der Waals surface area (Å²) in [4.78, 5) is 15.0. The first-order chi connectivity index (χ1) is 27.3. The molecule has 10 rings (SSSR count). The molecule has 4 nitrogen and oxygen atoms in total. The molecular formula is C51H34N4. The maximum absolute atomic E-state index is 5.04. The van der Waals surface area contributed by atoms with E-state index in [1.807, 2.05) is 60.7 Å². The van der Waals surface area contributed by atoms with Gasteiger partial charge in [0, 0.05) is 33.2 Å². The third kappa shape index (κ3) is 6.06. The highest BCUT2D eigenvalue weighted by molar-refractivity contribution is 6.16. The van der Waals surface area contributed by atoms with E-state index >= 15 is 0 Å². The molecule has 2 heterocycles. The fourth-order valence-corrected chi connectivity index (χ4v) is 7.62. The Morgan fingerprint density at radius 2 is 0.764 bits per heavy atom. The first kappa shape index (κ1) is 32.2. The third-order valence-corrected chi connectivity index (χ3v) is 10.2. The molecule has 4 heteroatoms. The predicted molar refractivity (Wildman–Crippen MR) is 227 cm³/mol. The van der Waals surface area contributed by atoms with Gasteiger partial charge in [0.2, 0.25) is 0 Å². The van der Waals surface area contributed by atoms with E-state index in [-0.39, 0.29) is 0 Å². The predicted octanol–water partition coefficient (Wildman–Crippen LogP) is 13.0. The van der Waals surface area contributed by atoms with Gasteiger partial charge in [0.1, 0.15) is 0 Å². The van der Waals surface area contributed by atoms with Gasteiger partial charge in [-0.3, -0.25) is 0 Å². The fraction of sp³-hybridized carbons (Fsp3) is 0. The lowest BCUT2D eigenvalue weighted by molar-refractivity contribution is 1.07. The topological polar surface area (TPSA) is 43.6 Å². The highest BCUT2D eigenvalue weighted by Gasteiger charge is 2.19. The van der Waals surface area contributed by atoms with Gasteiger partial charge in [-0.2, -0.15) is 0 Å². The van der Waals surface area contributed by atoms with Gasteiger partial charge in [-0.1, -0.05) is 170 Å². The first-order valence-electron chi connectivity index (χ1n) is 18.5. The first-order valence-corrected chi connectivity index (χ1v) is 18.5. The lowest BCUT2D eigenvalue weighted by Gasteiger charge is -2.12. The van der Waals surface area contributed by atoms with E-state index in [0.717, 1.165) is 44.5 Å². The van der Waals surface area contributed by atoms with Crippen molar-refractivity contribution in [1.82, 2.24) is 19.5 Å². The smallest absolute Gasteiger partial charge is 0.164 e. The SMILES string of the molecule is c1ccc(-c2cccc(-n3c4ccc(-c5ccccc5)cc4c4c(-c5cccc(-c6nc(-c7ccccc7)nc(-c7ccccc7)n6)c5)cccc43)c2)cc1. The van der Waals surface area contributed by atoms with Crippen molar-refractivity contribution >= 4 is 21.8 Å². The minimum atomic E-state index is 0.633. The van der Waals surface area contributed by atoms with E-state index in [1.54, 1.807) is 0 Å². The Bertz CT molecular complexity index is 2900. The molecule has 0 unspecified atom stereocenters. The lowest BCUT2D eigenvalue weighted by Crippen LogP contribution is -2.00. The van der Waals surface area contributed by atoms with Gasteiger partial charge in [0.15, 0.2) is 17.5 Å². The van der Waals surface area contributed by atoms with Crippen LogP contribution in [0.25, 0.3) is 95.0 Å². The molecule has 0 amide bonds. The summed E-state index contributed by atoms with van der Waals surface area (Å²) in [5, 5.41) is 2.39. The largest absolute Gasteiger partial charge is 0.309 e. The maximum atomic E-state index is 5.04. The Balaban J connectivity index is 1.18.